The van der Waals surface area contributed by atoms with Crippen molar-refractivity contribution in [2.75, 3.05) is 0 Å². The summed E-state index contributed by atoms with van der Waals surface area (Å²) in [6.07, 6.45) is 10.9. The summed E-state index contributed by atoms with van der Waals surface area (Å²) in [5.74, 6) is 0. The molecule has 0 aliphatic carbocycles. The lowest BCUT2D eigenvalue weighted by molar-refractivity contribution is 1.06. The van der Waals surface area contributed by atoms with E-state index < -0.39 is 0 Å². The molecule has 2 N–H and O–H groups in total. The molecule has 31 heavy (non-hydrogen) atoms. The number of pyridine rings is 1. The van der Waals surface area contributed by atoms with Crippen LogP contribution in [0.3, 0.4) is 0 Å². The first kappa shape index (κ1) is 19.1. The van der Waals surface area contributed by atoms with Gasteiger partial charge in [0.05, 0.1) is 33.5 Å². The summed E-state index contributed by atoms with van der Waals surface area (Å²) in [5, 5.41) is 10.4. The highest BCUT2D eigenvalue weighted by molar-refractivity contribution is 7.15. The highest BCUT2D eigenvalue weighted by Crippen LogP contribution is 2.33. The number of allylic oxidation sites excluding steroid dienone is 2. The summed E-state index contributed by atoms with van der Waals surface area (Å²) < 4.78 is 0. The molecule has 0 aliphatic heterocycles. The molecular weight excluding hydrogens is 404 g/mol. The number of aromatic nitrogens is 6. The van der Waals surface area contributed by atoms with Crippen molar-refractivity contribution in [3.8, 4) is 22.0 Å². The van der Waals surface area contributed by atoms with Gasteiger partial charge in [-0.3, -0.25) is 20.1 Å². The Morgan fingerprint density at radius 1 is 1.10 bits per heavy atom. The summed E-state index contributed by atoms with van der Waals surface area (Å²) in [4.78, 5) is 19.0. The van der Waals surface area contributed by atoms with Crippen LogP contribution >= 0.6 is 11.3 Å². The highest BCUT2D eigenvalue weighted by atomic mass is 32.1. The number of aryl methyl sites for hydroxylation is 1. The van der Waals surface area contributed by atoms with Gasteiger partial charge in [-0.05, 0) is 49.8 Å². The van der Waals surface area contributed by atoms with Crippen LogP contribution in [0.5, 0.6) is 0 Å². The minimum atomic E-state index is 0.793. The van der Waals surface area contributed by atoms with Crippen LogP contribution in [0.4, 0.5) is 0 Å². The molecule has 152 valence electrons. The highest BCUT2D eigenvalue weighted by Gasteiger charge is 2.13. The van der Waals surface area contributed by atoms with Gasteiger partial charge in [-0.25, -0.2) is 0 Å². The Hall–Kier alpha value is -3.84. The van der Waals surface area contributed by atoms with Crippen molar-refractivity contribution in [1.82, 2.24) is 30.1 Å². The van der Waals surface area contributed by atoms with Crippen LogP contribution in [0.2, 0.25) is 0 Å². The van der Waals surface area contributed by atoms with Crippen LogP contribution < -0.4 is 10.6 Å². The molecule has 0 aromatic carbocycles. The average molecular weight is 425 g/mol. The molecule has 0 unspecified atom stereocenters. The fourth-order valence-corrected chi connectivity index (χ4v) is 4.35. The van der Waals surface area contributed by atoms with Crippen molar-refractivity contribution in [3.05, 3.63) is 76.3 Å². The zero-order valence-electron chi connectivity index (χ0n) is 17.2. The van der Waals surface area contributed by atoms with E-state index in [0.717, 1.165) is 54.7 Å². The first-order valence-corrected chi connectivity index (χ1v) is 10.6. The van der Waals surface area contributed by atoms with Gasteiger partial charge in [-0.2, -0.15) is 5.10 Å². The Balaban J connectivity index is 1.55. The van der Waals surface area contributed by atoms with E-state index in [1.807, 2.05) is 31.3 Å². The van der Waals surface area contributed by atoms with E-state index in [9.17, 15) is 0 Å². The zero-order chi connectivity index (χ0) is 21.4. The largest absolute Gasteiger partial charge is 0.353 e. The van der Waals surface area contributed by atoms with Gasteiger partial charge in [0.15, 0.2) is 0 Å². The Kier molecular flexibility index (Phi) is 4.80. The second-order valence-electron chi connectivity index (χ2n) is 7.29. The molecule has 0 amide bonds. The monoisotopic (exact) mass is 424 g/mol. The molecule has 5 heterocycles. The van der Waals surface area contributed by atoms with Crippen molar-refractivity contribution in [2.24, 2.45) is 0 Å². The predicted molar refractivity (Wildman–Crippen MR) is 127 cm³/mol. The van der Waals surface area contributed by atoms with Crippen molar-refractivity contribution in [3.63, 3.8) is 0 Å². The standard InChI is InChI=1S/C24H20N6S/c1-14(21-13-25-10-11-26-21)4-6-18-16(3)23(30-29-18)20-12-17-19(28-20)8-9-27-24(17)22-7-5-15(2)31-22/h4-13,28-29H,3H2,1-2H3/b14-4+,18-6+. The molecule has 5 aromatic rings. The van der Waals surface area contributed by atoms with Crippen LogP contribution in [0, 0.1) is 6.92 Å². The summed E-state index contributed by atoms with van der Waals surface area (Å²) in [7, 11) is 0. The number of hydrogen-bond donors (Lipinski definition) is 2. The third-order valence-corrected chi connectivity index (χ3v) is 6.15. The molecular formula is C24H20N6S. The number of rotatable bonds is 4. The lowest BCUT2D eigenvalue weighted by Gasteiger charge is -1.98. The first-order chi connectivity index (χ1) is 15.1. The fourth-order valence-electron chi connectivity index (χ4n) is 3.48. The van der Waals surface area contributed by atoms with Crippen molar-refractivity contribution >= 4 is 40.5 Å². The molecule has 0 aliphatic rings. The summed E-state index contributed by atoms with van der Waals surface area (Å²) in [6.45, 7) is 8.35. The van der Waals surface area contributed by atoms with E-state index in [0.29, 0.717) is 0 Å². The molecule has 5 aromatic heterocycles. The third kappa shape index (κ3) is 3.60. The van der Waals surface area contributed by atoms with Gasteiger partial charge in [0.2, 0.25) is 0 Å². The smallest absolute Gasteiger partial charge is 0.116 e. The lowest BCUT2D eigenvalue weighted by Crippen LogP contribution is -2.21. The Bertz CT molecular complexity index is 1520. The average Bonchev–Trinajstić information content (AvgIpc) is 3.50. The number of nitrogens with zero attached hydrogens (tertiary/aromatic N) is 4. The van der Waals surface area contributed by atoms with Crippen molar-refractivity contribution in [1.29, 1.82) is 0 Å². The van der Waals surface area contributed by atoms with E-state index in [2.05, 4.69) is 61.8 Å². The van der Waals surface area contributed by atoms with Crippen LogP contribution in [-0.4, -0.2) is 30.1 Å². The van der Waals surface area contributed by atoms with E-state index >= 15 is 0 Å². The molecule has 0 radical (unpaired) electrons. The Morgan fingerprint density at radius 2 is 2.00 bits per heavy atom. The minimum absolute atomic E-state index is 0.793. The predicted octanol–water partition coefficient (Wildman–Crippen LogP) is 4.07. The summed E-state index contributed by atoms with van der Waals surface area (Å²) in [5.41, 5.74) is 5.56. The summed E-state index contributed by atoms with van der Waals surface area (Å²) in [6, 6.07) is 8.32. The van der Waals surface area contributed by atoms with Gasteiger partial charge in [-0.15, -0.1) is 11.3 Å². The van der Waals surface area contributed by atoms with E-state index in [4.69, 9.17) is 0 Å². The second-order valence-corrected chi connectivity index (χ2v) is 8.57. The van der Waals surface area contributed by atoms with Gasteiger partial charge >= 0.3 is 0 Å². The Labute approximate surface area is 182 Å². The number of hydrogen-bond acceptors (Lipinski definition) is 5. The maximum Gasteiger partial charge on any atom is 0.116 e. The SMILES string of the molecule is C=c1c(-c2cc3c(-c4ccc(C)s4)nccc3[nH]2)n[nH]/c1=C/C=C(\C)c1cnccn1. The molecule has 0 atom stereocenters. The van der Waals surface area contributed by atoms with Gasteiger partial charge in [0, 0.05) is 39.6 Å². The number of fused-ring (bicyclic) bond motifs is 1. The molecule has 0 fully saturated rings. The van der Waals surface area contributed by atoms with Gasteiger partial charge < -0.3 is 4.98 Å². The van der Waals surface area contributed by atoms with Crippen molar-refractivity contribution < 1.29 is 0 Å². The molecule has 7 heteroatoms. The van der Waals surface area contributed by atoms with Gasteiger partial charge in [0.1, 0.15) is 5.69 Å². The van der Waals surface area contributed by atoms with E-state index in [1.165, 1.54) is 4.88 Å². The van der Waals surface area contributed by atoms with Crippen LogP contribution in [0.15, 0.2) is 55.1 Å². The quantitative estimate of drug-likeness (QED) is 0.455. The zero-order valence-corrected chi connectivity index (χ0v) is 18.0. The molecule has 0 saturated heterocycles. The van der Waals surface area contributed by atoms with Crippen LogP contribution in [-0.2, 0) is 0 Å². The van der Waals surface area contributed by atoms with Gasteiger partial charge in [0.25, 0.3) is 0 Å². The number of thiophene rings is 1. The number of aromatic amines is 2. The van der Waals surface area contributed by atoms with Crippen LogP contribution in [0.25, 0.3) is 51.1 Å². The van der Waals surface area contributed by atoms with E-state index in [1.54, 1.807) is 29.9 Å². The lowest BCUT2D eigenvalue weighted by atomic mass is 10.2. The normalized spacial score (nSPS) is 12.7. The maximum absolute atomic E-state index is 4.62. The maximum atomic E-state index is 4.62. The molecule has 0 bridgehead atoms. The molecule has 6 nitrogen and oxygen atoms in total. The Morgan fingerprint density at radius 3 is 2.77 bits per heavy atom. The number of H-pyrrole nitrogens is 2. The van der Waals surface area contributed by atoms with Crippen molar-refractivity contribution in [2.45, 2.75) is 13.8 Å². The first-order valence-electron chi connectivity index (χ1n) is 9.83. The molecule has 5 rings (SSSR count). The molecule has 0 spiro atoms. The second kappa shape index (κ2) is 7.77. The van der Waals surface area contributed by atoms with Crippen LogP contribution in [0.1, 0.15) is 17.5 Å². The minimum Gasteiger partial charge on any atom is -0.353 e. The van der Waals surface area contributed by atoms with Gasteiger partial charge in [-0.1, -0.05) is 12.7 Å². The number of nitrogens with one attached hydrogen (secondary N) is 2. The third-order valence-electron chi connectivity index (χ3n) is 5.14. The topological polar surface area (TPSA) is 83.1 Å². The summed E-state index contributed by atoms with van der Waals surface area (Å²) >= 11 is 1.74. The van der Waals surface area contributed by atoms with E-state index in [-0.39, 0.29) is 0 Å². The molecule has 0 saturated carbocycles. The fraction of sp³-hybridized carbons (Fsp3) is 0.0833.